The number of aryl methyl sites for hydroxylation is 1. The Morgan fingerprint density at radius 2 is 2.12 bits per heavy atom. The van der Waals surface area contributed by atoms with Gasteiger partial charge in [0.2, 0.25) is 11.8 Å². The summed E-state index contributed by atoms with van der Waals surface area (Å²) in [4.78, 5) is 16.2. The van der Waals surface area contributed by atoms with Crippen LogP contribution in [-0.4, -0.2) is 54.3 Å². The van der Waals surface area contributed by atoms with Gasteiger partial charge in [0.15, 0.2) is 5.82 Å². The highest BCUT2D eigenvalue weighted by atomic mass is 16.5. The molecule has 1 aromatic carbocycles. The first-order valence-corrected chi connectivity index (χ1v) is 8.52. The zero-order chi connectivity index (χ0) is 17.8. The molecule has 1 saturated heterocycles. The zero-order valence-corrected chi connectivity index (χ0v) is 15.0. The second kappa shape index (κ2) is 7.51. The van der Waals surface area contributed by atoms with E-state index in [1.54, 1.807) is 0 Å². The average molecular weight is 340 g/mol. The molecule has 1 atom stereocenters. The summed E-state index contributed by atoms with van der Waals surface area (Å²) in [7, 11) is 3.83. The first kappa shape index (κ1) is 17.2. The van der Waals surface area contributed by atoms with E-state index in [2.05, 4.69) is 16.3 Å². The molecule has 25 heavy (non-hydrogen) atoms. The van der Waals surface area contributed by atoms with Crippen LogP contribution in [0.25, 0.3) is 0 Å². The molecule has 0 aliphatic carbocycles. The molecule has 2 aromatic rings. The third-order valence-corrected chi connectivity index (χ3v) is 4.31. The Hall–Kier alpha value is -2.63. The Kier molecular flexibility index (Phi) is 5.16. The van der Waals surface area contributed by atoms with E-state index in [0.717, 1.165) is 24.3 Å². The van der Waals surface area contributed by atoms with Crippen LogP contribution < -0.4 is 9.64 Å². The Balaban J connectivity index is 1.53. The van der Waals surface area contributed by atoms with Crippen molar-refractivity contribution in [3.8, 4) is 5.88 Å². The highest BCUT2D eigenvalue weighted by molar-refractivity contribution is 5.79. The van der Waals surface area contributed by atoms with Crippen LogP contribution in [0.3, 0.4) is 0 Å². The lowest BCUT2D eigenvalue weighted by Crippen LogP contribution is -2.32. The number of likely N-dealkylation sites (tertiary alicyclic amines) is 1. The summed E-state index contributed by atoms with van der Waals surface area (Å²) in [5.41, 5.74) is 2.23. The molecule has 1 fully saturated rings. The molecule has 1 aromatic heterocycles. The van der Waals surface area contributed by atoms with Crippen molar-refractivity contribution in [1.29, 1.82) is 0 Å². The molecule has 1 unspecified atom stereocenters. The van der Waals surface area contributed by atoms with Crippen molar-refractivity contribution in [2.24, 2.45) is 0 Å². The Labute approximate surface area is 148 Å². The highest BCUT2D eigenvalue weighted by Crippen LogP contribution is 2.18. The number of amides is 1. The summed E-state index contributed by atoms with van der Waals surface area (Å²) in [6.07, 6.45) is 1.23. The molecule has 0 saturated carbocycles. The number of ether oxygens (including phenoxy) is 1. The van der Waals surface area contributed by atoms with E-state index < -0.39 is 0 Å². The van der Waals surface area contributed by atoms with Gasteiger partial charge in [0.05, 0.1) is 13.0 Å². The molecule has 2 heterocycles. The zero-order valence-electron chi connectivity index (χ0n) is 15.0. The summed E-state index contributed by atoms with van der Waals surface area (Å²) < 4.78 is 5.87. The summed E-state index contributed by atoms with van der Waals surface area (Å²) in [6, 6.07) is 11.8. The van der Waals surface area contributed by atoms with Gasteiger partial charge in [-0.3, -0.25) is 4.79 Å². The molecule has 3 rings (SSSR count). The third kappa shape index (κ3) is 4.47. The minimum Gasteiger partial charge on any atom is -0.471 e. The third-order valence-electron chi connectivity index (χ3n) is 4.31. The fraction of sp³-hybridized carbons (Fsp3) is 0.421. The predicted octanol–water partition coefficient (Wildman–Crippen LogP) is 2.07. The van der Waals surface area contributed by atoms with Crippen LogP contribution in [0, 0.1) is 6.92 Å². The summed E-state index contributed by atoms with van der Waals surface area (Å²) in [5, 5.41) is 8.20. The van der Waals surface area contributed by atoms with Gasteiger partial charge in [-0.15, -0.1) is 10.2 Å². The van der Waals surface area contributed by atoms with Crippen molar-refractivity contribution in [2.45, 2.75) is 25.9 Å². The molecule has 0 bridgehead atoms. The highest BCUT2D eigenvalue weighted by Gasteiger charge is 2.27. The van der Waals surface area contributed by atoms with Crippen LogP contribution >= 0.6 is 0 Å². The van der Waals surface area contributed by atoms with Gasteiger partial charge in [-0.05, 0) is 18.6 Å². The van der Waals surface area contributed by atoms with E-state index in [-0.39, 0.29) is 12.0 Å². The van der Waals surface area contributed by atoms with Gasteiger partial charge in [0.25, 0.3) is 0 Å². The first-order valence-electron chi connectivity index (χ1n) is 8.52. The monoisotopic (exact) mass is 340 g/mol. The van der Waals surface area contributed by atoms with E-state index in [0.29, 0.717) is 18.8 Å². The van der Waals surface area contributed by atoms with Gasteiger partial charge in [0, 0.05) is 33.1 Å². The quantitative estimate of drug-likeness (QED) is 0.834. The normalized spacial score (nSPS) is 16.8. The van der Waals surface area contributed by atoms with Gasteiger partial charge in [-0.2, -0.15) is 0 Å². The van der Waals surface area contributed by atoms with E-state index >= 15 is 0 Å². The maximum atomic E-state index is 12.5. The lowest BCUT2D eigenvalue weighted by molar-refractivity contribution is -0.129. The summed E-state index contributed by atoms with van der Waals surface area (Å²) >= 11 is 0. The molecule has 1 aliphatic rings. The molecule has 6 nitrogen and oxygen atoms in total. The lowest BCUT2D eigenvalue weighted by atomic mass is 10.1. The number of benzene rings is 1. The summed E-state index contributed by atoms with van der Waals surface area (Å²) in [5.74, 6) is 1.43. The second-order valence-electron chi connectivity index (χ2n) is 6.66. The molecule has 1 amide bonds. The minimum absolute atomic E-state index is 0.0269. The van der Waals surface area contributed by atoms with Crippen LogP contribution in [0.5, 0.6) is 5.88 Å². The van der Waals surface area contributed by atoms with Crippen LogP contribution in [-0.2, 0) is 11.2 Å². The topological polar surface area (TPSA) is 58.6 Å². The molecular formula is C19H24N4O2. The van der Waals surface area contributed by atoms with Crippen molar-refractivity contribution in [3.63, 3.8) is 0 Å². The largest absolute Gasteiger partial charge is 0.471 e. The fourth-order valence-corrected chi connectivity index (χ4v) is 2.94. The van der Waals surface area contributed by atoms with Gasteiger partial charge in [-0.1, -0.05) is 29.8 Å². The van der Waals surface area contributed by atoms with Crippen molar-refractivity contribution >= 4 is 11.7 Å². The van der Waals surface area contributed by atoms with E-state index in [1.165, 1.54) is 5.56 Å². The lowest BCUT2D eigenvalue weighted by Gasteiger charge is -2.17. The van der Waals surface area contributed by atoms with Crippen molar-refractivity contribution in [2.75, 3.05) is 32.1 Å². The van der Waals surface area contributed by atoms with Crippen LogP contribution in [0.1, 0.15) is 17.5 Å². The SMILES string of the molecule is Cc1cccc(CC(=O)N2CCC(Oc3ccc(N(C)C)nn3)C2)c1. The van der Waals surface area contributed by atoms with Gasteiger partial charge < -0.3 is 14.5 Å². The van der Waals surface area contributed by atoms with Crippen LogP contribution in [0.15, 0.2) is 36.4 Å². The van der Waals surface area contributed by atoms with Crippen molar-refractivity contribution in [1.82, 2.24) is 15.1 Å². The minimum atomic E-state index is -0.0269. The molecule has 6 heteroatoms. The number of carbonyl (C=O) groups excluding carboxylic acids is 1. The van der Waals surface area contributed by atoms with Crippen LogP contribution in [0.4, 0.5) is 5.82 Å². The van der Waals surface area contributed by atoms with Crippen molar-refractivity contribution < 1.29 is 9.53 Å². The van der Waals surface area contributed by atoms with Gasteiger partial charge in [0.1, 0.15) is 6.10 Å². The number of nitrogens with zero attached hydrogens (tertiary/aromatic N) is 4. The maximum Gasteiger partial charge on any atom is 0.233 e. The molecular weight excluding hydrogens is 316 g/mol. The number of hydrogen-bond acceptors (Lipinski definition) is 5. The smallest absolute Gasteiger partial charge is 0.233 e. The number of anilines is 1. The molecule has 0 N–H and O–H groups in total. The standard InChI is InChI=1S/C19H24N4O2/c1-14-5-4-6-15(11-14)12-19(24)23-10-9-16(13-23)25-18-8-7-17(20-21-18)22(2)3/h4-8,11,16H,9-10,12-13H2,1-3H3. The molecule has 132 valence electrons. The Bertz CT molecular complexity index is 730. The van der Waals surface area contributed by atoms with E-state index in [9.17, 15) is 4.79 Å². The summed E-state index contributed by atoms with van der Waals surface area (Å²) in [6.45, 7) is 3.36. The number of carbonyl (C=O) groups is 1. The van der Waals surface area contributed by atoms with Gasteiger partial charge >= 0.3 is 0 Å². The molecule has 1 aliphatic heterocycles. The predicted molar refractivity (Wildman–Crippen MR) is 96.9 cm³/mol. The van der Waals surface area contributed by atoms with E-state index in [4.69, 9.17) is 4.74 Å². The first-order chi connectivity index (χ1) is 12.0. The average Bonchev–Trinajstić information content (AvgIpc) is 3.04. The van der Waals surface area contributed by atoms with Crippen LogP contribution in [0.2, 0.25) is 0 Å². The molecule has 0 radical (unpaired) electrons. The second-order valence-corrected chi connectivity index (χ2v) is 6.66. The molecule has 0 spiro atoms. The van der Waals surface area contributed by atoms with Crippen molar-refractivity contribution in [3.05, 3.63) is 47.5 Å². The van der Waals surface area contributed by atoms with Gasteiger partial charge in [-0.25, -0.2) is 0 Å². The number of rotatable bonds is 5. The fourth-order valence-electron chi connectivity index (χ4n) is 2.94. The number of hydrogen-bond donors (Lipinski definition) is 0. The Morgan fingerprint density at radius 3 is 2.80 bits per heavy atom. The van der Waals surface area contributed by atoms with E-state index in [1.807, 2.05) is 61.2 Å². The number of aromatic nitrogens is 2. The Morgan fingerprint density at radius 1 is 1.28 bits per heavy atom. The maximum absolute atomic E-state index is 12.5.